The topological polar surface area (TPSA) is 119 Å². The molecule has 0 aromatic rings. The fraction of sp³-hybridized carbons (Fsp3) is 1.00. The molecule has 7 nitrogen and oxygen atoms in total. The van der Waals surface area contributed by atoms with E-state index in [2.05, 4.69) is 10.0 Å². The first kappa shape index (κ1) is 13.2. The molecule has 16 heavy (non-hydrogen) atoms. The number of hydrogen-bond acceptors (Lipinski definition) is 5. The summed E-state index contributed by atoms with van der Waals surface area (Å²) < 4.78 is 5.36. The normalized spacial score (nSPS) is 39.5. The van der Waals surface area contributed by atoms with Crippen molar-refractivity contribution in [3.05, 3.63) is 10.4 Å². The van der Waals surface area contributed by atoms with Crippen molar-refractivity contribution in [2.45, 2.75) is 44.3 Å². The number of aliphatic hydroxyl groups excluding tert-OH is 3. The fourth-order valence-corrected chi connectivity index (χ4v) is 1.88. The zero-order chi connectivity index (χ0) is 12.3. The van der Waals surface area contributed by atoms with Crippen LogP contribution in [0.3, 0.4) is 0 Å². The van der Waals surface area contributed by atoms with Gasteiger partial charge in [-0.25, -0.2) is 0 Å². The van der Waals surface area contributed by atoms with Gasteiger partial charge in [0, 0.05) is 4.91 Å². The first-order chi connectivity index (χ1) is 7.52. The first-order valence-electron chi connectivity index (χ1n) is 5.19. The van der Waals surface area contributed by atoms with E-state index in [1.165, 1.54) is 0 Å². The Labute approximate surface area is 93.3 Å². The molecule has 1 rings (SSSR count). The summed E-state index contributed by atoms with van der Waals surface area (Å²) in [7, 11) is 0. The number of aliphatic hydroxyl groups is 3. The highest BCUT2D eigenvalue weighted by Crippen LogP contribution is 2.27. The number of azide groups is 1. The van der Waals surface area contributed by atoms with Crippen LogP contribution in [0.1, 0.15) is 13.8 Å². The molecule has 3 unspecified atom stereocenters. The molecule has 5 atom stereocenters. The highest BCUT2D eigenvalue weighted by Gasteiger charge is 2.44. The van der Waals surface area contributed by atoms with Gasteiger partial charge in [0.2, 0.25) is 0 Å². The van der Waals surface area contributed by atoms with Gasteiger partial charge in [0.1, 0.15) is 6.10 Å². The van der Waals surface area contributed by atoms with E-state index in [1.54, 1.807) is 0 Å². The van der Waals surface area contributed by atoms with Crippen molar-refractivity contribution < 1.29 is 20.1 Å². The zero-order valence-corrected chi connectivity index (χ0v) is 9.26. The average molecular weight is 231 g/mol. The Hall–Kier alpha value is -0.850. The maximum atomic E-state index is 9.88. The minimum Gasteiger partial charge on any atom is -0.394 e. The van der Waals surface area contributed by atoms with Crippen LogP contribution in [-0.4, -0.2) is 52.4 Å². The van der Waals surface area contributed by atoms with Crippen LogP contribution in [-0.2, 0) is 4.74 Å². The van der Waals surface area contributed by atoms with Gasteiger partial charge in [-0.15, -0.1) is 0 Å². The van der Waals surface area contributed by atoms with Crippen LogP contribution in [0, 0.1) is 5.92 Å². The standard InChI is InChI=1S/C9H17N3O4/c1-4(2)9-8(15)6(11-12-10)7(14)5(3-13)16-9/h4-9,13-15H,3H2,1-2H3/t5?,6?,7-,8?,9+/m1/s1. The van der Waals surface area contributed by atoms with Crippen LogP contribution in [0.15, 0.2) is 5.11 Å². The second-order valence-corrected chi connectivity index (χ2v) is 4.24. The molecule has 0 saturated carbocycles. The van der Waals surface area contributed by atoms with Crippen molar-refractivity contribution >= 4 is 0 Å². The van der Waals surface area contributed by atoms with E-state index in [1.807, 2.05) is 13.8 Å². The monoisotopic (exact) mass is 231 g/mol. The second kappa shape index (κ2) is 5.47. The summed E-state index contributed by atoms with van der Waals surface area (Å²) in [5.74, 6) is -0.00653. The average Bonchev–Trinajstić information content (AvgIpc) is 2.24. The van der Waals surface area contributed by atoms with E-state index in [0.29, 0.717) is 0 Å². The second-order valence-electron chi connectivity index (χ2n) is 4.24. The van der Waals surface area contributed by atoms with Crippen LogP contribution in [0.5, 0.6) is 0 Å². The highest BCUT2D eigenvalue weighted by atomic mass is 16.5. The summed E-state index contributed by atoms with van der Waals surface area (Å²) in [5, 5.41) is 32.0. The van der Waals surface area contributed by atoms with Gasteiger partial charge in [-0.3, -0.25) is 0 Å². The van der Waals surface area contributed by atoms with Gasteiger partial charge in [-0.2, -0.15) is 0 Å². The molecule has 1 aliphatic heterocycles. The Morgan fingerprint density at radius 1 is 1.38 bits per heavy atom. The number of nitrogens with zero attached hydrogens (tertiary/aromatic N) is 3. The molecule has 1 fully saturated rings. The Balaban J connectivity index is 2.92. The summed E-state index contributed by atoms with van der Waals surface area (Å²) in [6.45, 7) is 3.30. The summed E-state index contributed by atoms with van der Waals surface area (Å²) in [5.41, 5.74) is 8.37. The zero-order valence-electron chi connectivity index (χ0n) is 9.26. The van der Waals surface area contributed by atoms with Gasteiger partial charge in [-0.05, 0) is 11.4 Å². The summed E-state index contributed by atoms with van der Waals surface area (Å²) in [4.78, 5) is 2.59. The molecule has 0 aromatic carbocycles. The van der Waals surface area contributed by atoms with E-state index < -0.39 is 30.5 Å². The largest absolute Gasteiger partial charge is 0.394 e. The lowest BCUT2D eigenvalue weighted by Gasteiger charge is -2.42. The van der Waals surface area contributed by atoms with Crippen molar-refractivity contribution in [3.8, 4) is 0 Å². The van der Waals surface area contributed by atoms with E-state index in [-0.39, 0.29) is 12.5 Å². The molecule has 0 radical (unpaired) electrons. The lowest BCUT2D eigenvalue weighted by Crippen LogP contribution is -2.58. The Morgan fingerprint density at radius 3 is 2.44 bits per heavy atom. The van der Waals surface area contributed by atoms with Crippen molar-refractivity contribution in [2.75, 3.05) is 6.61 Å². The molecular weight excluding hydrogens is 214 g/mol. The van der Waals surface area contributed by atoms with Gasteiger partial charge in [-0.1, -0.05) is 19.0 Å². The molecular formula is C9H17N3O4. The van der Waals surface area contributed by atoms with E-state index >= 15 is 0 Å². The Kier molecular flexibility index (Phi) is 4.52. The maximum absolute atomic E-state index is 9.88. The molecule has 1 heterocycles. The molecule has 1 saturated heterocycles. The summed E-state index contributed by atoms with van der Waals surface area (Å²) in [6.07, 6.45) is -3.64. The Bertz CT molecular complexity index is 280. The van der Waals surface area contributed by atoms with E-state index in [4.69, 9.17) is 15.4 Å². The molecule has 0 aromatic heterocycles. The van der Waals surface area contributed by atoms with E-state index in [0.717, 1.165) is 0 Å². The van der Waals surface area contributed by atoms with Crippen molar-refractivity contribution in [1.82, 2.24) is 0 Å². The summed E-state index contributed by atoms with van der Waals surface area (Å²) in [6, 6.07) is -0.983. The molecule has 7 heteroatoms. The third-order valence-electron chi connectivity index (χ3n) is 2.77. The first-order valence-corrected chi connectivity index (χ1v) is 5.19. The lowest BCUT2D eigenvalue weighted by atomic mass is 9.88. The minimum absolute atomic E-state index is 0.00653. The predicted molar refractivity (Wildman–Crippen MR) is 55.5 cm³/mol. The molecule has 92 valence electrons. The quantitative estimate of drug-likeness (QED) is 0.354. The van der Waals surface area contributed by atoms with Crippen LogP contribution >= 0.6 is 0 Å². The minimum atomic E-state index is -1.19. The van der Waals surface area contributed by atoms with Crippen molar-refractivity contribution in [2.24, 2.45) is 11.0 Å². The molecule has 0 amide bonds. The van der Waals surface area contributed by atoms with Gasteiger partial charge < -0.3 is 20.1 Å². The molecule has 3 N–H and O–H groups in total. The molecule has 0 spiro atoms. The van der Waals surface area contributed by atoms with Gasteiger partial charge >= 0.3 is 0 Å². The Morgan fingerprint density at radius 2 is 2.00 bits per heavy atom. The smallest absolute Gasteiger partial charge is 0.107 e. The van der Waals surface area contributed by atoms with Gasteiger partial charge in [0.05, 0.1) is 31.0 Å². The maximum Gasteiger partial charge on any atom is 0.107 e. The third-order valence-corrected chi connectivity index (χ3v) is 2.77. The predicted octanol–water partition coefficient (Wildman–Crippen LogP) is -0.197. The summed E-state index contributed by atoms with van der Waals surface area (Å²) >= 11 is 0. The number of hydrogen-bond donors (Lipinski definition) is 3. The molecule has 0 aliphatic carbocycles. The lowest BCUT2D eigenvalue weighted by molar-refractivity contribution is -0.199. The van der Waals surface area contributed by atoms with E-state index in [9.17, 15) is 10.2 Å². The van der Waals surface area contributed by atoms with Crippen LogP contribution < -0.4 is 0 Å². The van der Waals surface area contributed by atoms with Crippen LogP contribution in [0.4, 0.5) is 0 Å². The van der Waals surface area contributed by atoms with Gasteiger partial charge in [0.15, 0.2) is 0 Å². The number of ether oxygens (including phenoxy) is 1. The highest BCUT2D eigenvalue weighted by molar-refractivity contribution is 4.97. The molecule has 0 bridgehead atoms. The SMILES string of the molecule is CC(C)[C@@H]1OC(CO)[C@@H](O)C(N=[N+]=[N-])C1O. The number of rotatable bonds is 3. The van der Waals surface area contributed by atoms with Crippen LogP contribution in [0.2, 0.25) is 0 Å². The van der Waals surface area contributed by atoms with Crippen molar-refractivity contribution in [3.63, 3.8) is 0 Å². The van der Waals surface area contributed by atoms with Crippen molar-refractivity contribution in [1.29, 1.82) is 0 Å². The van der Waals surface area contributed by atoms with Gasteiger partial charge in [0.25, 0.3) is 0 Å². The fourth-order valence-electron chi connectivity index (χ4n) is 1.88. The third kappa shape index (κ3) is 2.45. The van der Waals surface area contributed by atoms with Crippen LogP contribution in [0.25, 0.3) is 10.4 Å². The molecule has 1 aliphatic rings.